The highest BCUT2D eigenvalue weighted by Crippen LogP contribution is 2.23. The van der Waals surface area contributed by atoms with Gasteiger partial charge in [-0.3, -0.25) is 9.52 Å². The number of rotatable bonds is 11. The number of benzene rings is 1. The first-order valence-corrected chi connectivity index (χ1v) is 13.2. The first-order valence-electron chi connectivity index (χ1n) is 10.7. The molecular weight excluding hydrogens is 474 g/mol. The van der Waals surface area contributed by atoms with Gasteiger partial charge in [0.25, 0.3) is 10.0 Å². The lowest BCUT2D eigenvalue weighted by molar-refractivity contribution is -0.115. The van der Waals surface area contributed by atoms with Crippen molar-refractivity contribution in [1.29, 1.82) is 5.26 Å². The zero-order valence-corrected chi connectivity index (χ0v) is 20.5. The number of nitrogens with one attached hydrogen (secondary N) is 2. The second-order valence-electron chi connectivity index (χ2n) is 7.47. The number of anilines is 2. The molecule has 1 aromatic carbocycles. The molecule has 0 saturated carbocycles. The molecule has 0 aliphatic heterocycles. The topological polar surface area (TPSA) is 138 Å². The normalized spacial score (nSPS) is 11.1. The summed E-state index contributed by atoms with van der Waals surface area (Å²) in [6.45, 7) is 3.77. The molecule has 0 spiro atoms. The minimum absolute atomic E-state index is 0.0276. The van der Waals surface area contributed by atoms with Gasteiger partial charge in [0.15, 0.2) is 5.82 Å². The Hall–Kier alpha value is -3.36. The van der Waals surface area contributed by atoms with Gasteiger partial charge in [-0.15, -0.1) is 11.8 Å². The molecule has 34 heavy (non-hydrogen) atoms. The van der Waals surface area contributed by atoms with Crippen molar-refractivity contribution in [2.24, 2.45) is 0 Å². The summed E-state index contributed by atoms with van der Waals surface area (Å²) in [5.41, 5.74) is 1.91. The molecule has 1 amide bonds. The fraction of sp³-hybridized carbons (Fsp3) is 0.304. The van der Waals surface area contributed by atoms with Crippen LogP contribution in [0, 0.1) is 18.3 Å². The van der Waals surface area contributed by atoms with E-state index >= 15 is 0 Å². The number of thioether (sulfide) groups is 1. The molecular formula is C23H25N5O4S2. The summed E-state index contributed by atoms with van der Waals surface area (Å²) in [7, 11) is -3.83. The highest BCUT2D eigenvalue weighted by atomic mass is 32.2. The molecule has 178 valence electrons. The lowest BCUT2D eigenvalue weighted by Crippen LogP contribution is -2.14. The standard InChI is InChI=1S/C23H25N5O4S2/c1-3-4-5-18-7-6-17(15-24)23(26-18)33-13-12-22(29)25-19-8-10-20(11-9-19)34(30,31)28-21-14-16(2)32-27-21/h6-11,14H,3-5,12-13H2,1-2H3,(H,25,29)(H,27,28). The molecule has 2 heterocycles. The summed E-state index contributed by atoms with van der Waals surface area (Å²) >= 11 is 1.37. The Balaban J connectivity index is 1.53. The van der Waals surface area contributed by atoms with Crippen LogP contribution in [0.4, 0.5) is 11.5 Å². The van der Waals surface area contributed by atoms with E-state index in [1.54, 1.807) is 13.0 Å². The van der Waals surface area contributed by atoms with Gasteiger partial charge < -0.3 is 9.84 Å². The van der Waals surface area contributed by atoms with E-state index < -0.39 is 10.0 Å². The molecule has 3 rings (SSSR count). The lowest BCUT2D eigenvalue weighted by Gasteiger charge is -2.08. The van der Waals surface area contributed by atoms with Crippen LogP contribution in [0.5, 0.6) is 0 Å². The van der Waals surface area contributed by atoms with Crippen LogP contribution in [-0.4, -0.2) is 30.2 Å². The Morgan fingerprint density at radius 1 is 1.21 bits per heavy atom. The van der Waals surface area contributed by atoms with Gasteiger partial charge in [0.1, 0.15) is 16.9 Å². The third-order valence-corrected chi connectivity index (χ3v) is 7.07. The fourth-order valence-electron chi connectivity index (χ4n) is 2.96. The summed E-state index contributed by atoms with van der Waals surface area (Å²) in [6.07, 6.45) is 3.16. The lowest BCUT2D eigenvalue weighted by atomic mass is 10.2. The number of nitriles is 1. The first kappa shape index (κ1) is 25.3. The predicted octanol–water partition coefficient (Wildman–Crippen LogP) is 4.51. The molecule has 9 nitrogen and oxygen atoms in total. The van der Waals surface area contributed by atoms with Crippen LogP contribution in [0.15, 0.2) is 56.9 Å². The van der Waals surface area contributed by atoms with Crippen LogP contribution in [-0.2, 0) is 21.2 Å². The number of hydrogen-bond acceptors (Lipinski definition) is 8. The first-order chi connectivity index (χ1) is 16.3. The molecule has 2 aromatic heterocycles. The Morgan fingerprint density at radius 3 is 2.62 bits per heavy atom. The molecule has 0 fully saturated rings. The van der Waals surface area contributed by atoms with E-state index in [-0.39, 0.29) is 23.0 Å². The Morgan fingerprint density at radius 2 is 1.97 bits per heavy atom. The van der Waals surface area contributed by atoms with Crippen molar-refractivity contribution in [3.8, 4) is 6.07 Å². The summed E-state index contributed by atoms with van der Waals surface area (Å²) in [5.74, 6) is 0.813. The molecule has 0 bridgehead atoms. The van der Waals surface area contributed by atoms with Crippen LogP contribution < -0.4 is 10.0 Å². The van der Waals surface area contributed by atoms with Gasteiger partial charge in [-0.1, -0.05) is 18.5 Å². The highest BCUT2D eigenvalue weighted by Gasteiger charge is 2.16. The maximum Gasteiger partial charge on any atom is 0.263 e. The van der Waals surface area contributed by atoms with Crippen LogP contribution in [0.25, 0.3) is 0 Å². The number of aryl methyl sites for hydroxylation is 2. The van der Waals surface area contributed by atoms with Gasteiger partial charge in [-0.25, -0.2) is 13.4 Å². The number of carbonyl (C=O) groups excluding carboxylic acids is 1. The quantitative estimate of drug-likeness (QED) is 0.367. The zero-order chi connectivity index (χ0) is 24.6. The van der Waals surface area contributed by atoms with E-state index in [9.17, 15) is 18.5 Å². The minimum atomic E-state index is -3.83. The summed E-state index contributed by atoms with van der Waals surface area (Å²) in [5, 5.41) is 16.3. The van der Waals surface area contributed by atoms with Gasteiger partial charge in [0.2, 0.25) is 5.91 Å². The molecule has 11 heteroatoms. The van der Waals surface area contributed by atoms with Crippen molar-refractivity contribution in [2.45, 2.75) is 49.5 Å². The molecule has 0 atom stereocenters. The van der Waals surface area contributed by atoms with E-state index in [0.717, 1.165) is 25.0 Å². The second kappa shape index (κ2) is 11.7. The van der Waals surface area contributed by atoms with Crippen molar-refractivity contribution >= 4 is 39.2 Å². The Labute approximate surface area is 203 Å². The van der Waals surface area contributed by atoms with E-state index in [1.165, 1.54) is 42.1 Å². The molecule has 0 aliphatic carbocycles. The largest absolute Gasteiger partial charge is 0.360 e. The molecule has 3 aromatic rings. The van der Waals surface area contributed by atoms with Crippen molar-refractivity contribution in [3.05, 3.63) is 59.5 Å². The molecule has 0 saturated heterocycles. The molecule has 2 N–H and O–H groups in total. The third-order valence-electron chi connectivity index (χ3n) is 4.71. The van der Waals surface area contributed by atoms with Gasteiger partial charge in [-0.2, -0.15) is 5.26 Å². The molecule has 0 aliphatic rings. The van der Waals surface area contributed by atoms with Crippen LogP contribution >= 0.6 is 11.8 Å². The van der Waals surface area contributed by atoms with Crippen molar-refractivity contribution in [1.82, 2.24) is 10.1 Å². The number of carbonyl (C=O) groups is 1. The Kier molecular flexibility index (Phi) is 8.67. The average molecular weight is 500 g/mol. The monoisotopic (exact) mass is 499 g/mol. The van der Waals surface area contributed by atoms with Gasteiger partial charge in [0, 0.05) is 29.6 Å². The number of pyridine rings is 1. The van der Waals surface area contributed by atoms with Crippen molar-refractivity contribution < 1.29 is 17.7 Å². The van der Waals surface area contributed by atoms with Crippen molar-refractivity contribution in [3.63, 3.8) is 0 Å². The van der Waals surface area contributed by atoms with E-state index in [1.807, 2.05) is 6.07 Å². The fourth-order valence-corrected chi connectivity index (χ4v) is 4.88. The summed E-state index contributed by atoms with van der Waals surface area (Å²) < 4.78 is 32.1. The second-order valence-corrected chi connectivity index (χ2v) is 10.2. The van der Waals surface area contributed by atoms with Gasteiger partial charge in [0.05, 0.1) is 10.5 Å². The van der Waals surface area contributed by atoms with Crippen molar-refractivity contribution in [2.75, 3.05) is 15.8 Å². The number of aromatic nitrogens is 2. The summed E-state index contributed by atoms with van der Waals surface area (Å²) in [4.78, 5) is 16.9. The SMILES string of the molecule is CCCCc1ccc(C#N)c(SCCC(=O)Nc2ccc(S(=O)(=O)Nc3cc(C)on3)cc2)n1. The number of sulfonamides is 1. The van der Waals surface area contributed by atoms with Gasteiger partial charge >= 0.3 is 0 Å². The Bertz CT molecular complexity index is 1280. The van der Waals surface area contributed by atoms with Crippen LogP contribution in [0.3, 0.4) is 0 Å². The highest BCUT2D eigenvalue weighted by molar-refractivity contribution is 7.99. The van der Waals surface area contributed by atoms with E-state index in [0.29, 0.717) is 27.8 Å². The maximum atomic E-state index is 12.4. The molecule has 0 unspecified atom stereocenters. The van der Waals surface area contributed by atoms with Gasteiger partial charge in [-0.05, 0) is 56.2 Å². The van der Waals surface area contributed by atoms with Crippen LogP contribution in [0.2, 0.25) is 0 Å². The predicted molar refractivity (Wildman–Crippen MR) is 130 cm³/mol. The minimum Gasteiger partial charge on any atom is -0.360 e. The zero-order valence-electron chi connectivity index (χ0n) is 18.9. The number of nitrogens with zero attached hydrogens (tertiary/aromatic N) is 3. The number of unbranched alkanes of at least 4 members (excludes halogenated alkanes) is 1. The number of amides is 1. The van der Waals surface area contributed by atoms with E-state index in [4.69, 9.17) is 4.52 Å². The smallest absolute Gasteiger partial charge is 0.263 e. The van der Waals surface area contributed by atoms with E-state index in [2.05, 4.69) is 33.2 Å². The third kappa shape index (κ3) is 7.07. The summed E-state index contributed by atoms with van der Waals surface area (Å²) in [6, 6.07) is 13.1. The maximum absolute atomic E-state index is 12.4. The molecule has 0 radical (unpaired) electrons. The van der Waals surface area contributed by atoms with Crippen LogP contribution in [0.1, 0.15) is 43.2 Å². The average Bonchev–Trinajstić information content (AvgIpc) is 3.21. The number of hydrogen-bond donors (Lipinski definition) is 2.